The van der Waals surface area contributed by atoms with Gasteiger partial charge in [0.15, 0.2) is 21.3 Å². The molecule has 0 spiro atoms. The average molecular weight is 340 g/mol. The Kier molecular flexibility index (Phi) is 6.04. The lowest BCUT2D eigenvalue weighted by molar-refractivity contribution is -0.118. The molecule has 0 aliphatic carbocycles. The highest BCUT2D eigenvalue weighted by molar-refractivity contribution is 7.91. The Balaban J connectivity index is 1.68. The maximum absolute atomic E-state index is 12.0. The SMILES string of the molecule is CC(C)S(=O)(=O)CCCCCC(=O)Cc1ccc2c(c1)OCO2. The third-order valence-electron chi connectivity index (χ3n) is 3.94. The predicted octanol–water partition coefficient (Wildman–Crippen LogP) is 2.91. The fourth-order valence-corrected chi connectivity index (χ4v) is 3.48. The number of hydrogen-bond acceptors (Lipinski definition) is 5. The summed E-state index contributed by atoms with van der Waals surface area (Å²) >= 11 is 0. The summed E-state index contributed by atoms with van der Waals surface area (Å²) in [6.07, 6.45) is 2.98. The van der Waals surface area contributed by atoms with E-state index in [0.29, 0.717) is 30.8 Å². The van der Waals surface area contributed by atoms with Crippen molar-refractivity contribution >= 4 is 15.6 Å². The molecule has 0 saturated heterocycles. The standard InChI is InChI=1S/C17H24O5S/c1-13(2)23(19,20)9-5-3-4-6-15(18)10-14-7-8-16-17(11-14)22-12-21-16/h7-8,11,13H,3-6,9-10,12H2,1-2H3. The summed E-state index contributed by atoms with van der Waals surface area (Å²) in [6, 6.07) is 5.54. The minimum absolute atomic E-state index is 0.163. The van der Waals surface area contributed by atoms with Gasteiger partial charge in [0.2, 0.25) is 6.79 Å². The summed E-state index contributed by atoms with van der Waals surface area (Å²) < 4.78 is 33.9. The van der Waals surface area contributed by atoms with Gasteiger partial charge in [0, 0.05) is 12.8 Å². The maximum Gasteiger partial charge on any atom is 0.231 e. The zero-order chi connectivity index (χ0) is 16.9. The van der Waals surface area contributed by atoms with Crippen LogP contribution in [0.1, 0.15) is 45.1 Å². The topological polar surface area (TPSA) is 69.7 Å². The summed E-state index contributed by atoms with van der Waals surface area (Å²) in [4.78, 5) is 12.0. The monoisotopic (exact) mass is 340 g/mol. The molecule has 0 unspecified atom stereocenters. The molecular formula is C17H24O5S. The number of unbranched alkanes of at least 4 members (excludes halogenated alkanes) is 2. The van der Waals surface area contributed by atoms with E-state index in [4.69, 9.17) is 9.47 Å². The van der Waals surface area contributed by atoms with E-state index in [9.17, 15) is 13.2 Å². The lowest BCUT2D eigenvalue weighted by Gasteiger charge is -2.07. The van der Waals surface area contributed by atoms with Crippen LogP contribution in [0.2, 0.25) is 0 Å². The Morgan fingerprint density at radius 1 is 1.13 bits per heavy atom. The molecule has 5 nitrogen and oxygen atoms in total. The molecular weight excluding hydrogens is 316 g/mol. The zero-order valence-electron chi connectivity index (χ0n) is 13.7. The summed E-state index contributed by atoms with van der Waals surface area (Å²) in [5.74, 6) is 1.78. The van der Waals surface area contributed by atoms with E-state index in [2.05, 4.69) is 0 Å². The molecule has 6 heteroatoms. The molecule has 1 aliphatic rings. The Bertz CT molecular complexity index is 649. The first-order valence-electron chi connectivity index (χ1n) is 8.00. The van der Waals surface area contributed by atoms with Crippen LogP contribution < -0.4 is 9.47 Å². The molecule has 0 fully saturated rings. The zero-order valence-corrected chi connectivity index (χ0v) is 14.5. The number of rotatable bonds is 9. The molecule has 23 heavy (non-hydrogen) atoms. The van der Waals surface area contributed by atoms with Crippen LogP contribution >= 0.6 is 0 Å². The first-order valence-corrected chi connectivity index (χ1v) is 9.72. The van der Waals surface area contributed by atoms with Crippen LogP contribution in [0.3, 0.4) is 0 Å². The van der Waals surface area contributed by atoms with Crippen molar-refractivity contribution in [2.75, 3.05) is 12.5 Å². The molecule has 0 atom stereocenters. The van der Waals surface area contributed by atoms with Gasteiger partial charge in [0.1, 0.15) is 5.78 Å². The molecule has 0 aromatic heterocycles. The van der Waals surface area contributed by atoms with Gasteiger partial charge in [-0.2, -0.15) is 0 Å². The molecule has 0 saturated carbocycles. The molecule has 1 aromatic carbocycles. The van der Waals surface area contributed by atoms with Crippen LogP contribution in [0.25, 0.3) is 0 Å². The van der Waals surface area contributed by atoms with E-state index in [1.807, 2.05) is 18.2 Å². The Labute approximate surface area is 137 Å². The second-order valence-electron chi connectivity index (χ2n) is 6.13. The van der Waals surface area contributed by atoms with Gasteiger partial charge in [-0.1, -0.05) is 12.5 Å². The minimum Gasteiger partial charge on any atom is -0.454 e. The first kappa shape index (κ1) is 17.8. The molecule has 1 aliphatic heterocycles. The van der Waals surface area contributed by atoms with E-state index in [1.54, 1.807) is 13.8 Å². The van der Waals surface area contributed by atoms with Crippen LogP contribution in [-0.2, 0) is 21.1 Å². The number of ketones is 1. The third kappa shape index (κ3) is 5.23. The van der Waals surface area contributed by atoms with Crippen molar-refractivity contribution in [3.63, 3.8) is 0 Å². The number of benzene rings is 1. The van der Waals surface area contributed by atoms with Crippen LogP contribution in [0.4, 0.5) is 0 Å². The average Bonchev–Trinajstić information content (AvgIpc) is 2.94. The first-order chi connectivity index (χ1) is 10.9. The van der Waals surface area contributed by atoms with Crippen LogP contribution in [0, 0.1) is 0 Å². The van der Waals surface area contributed by atoms with Crippen molar-refractivity contribution in [2.24, 2.45) is 0 Å². The summed E-state index contributed by atoms with van der Waals surface area (Å²) in [7, 11) is -2.96. The third-order valence-corrected chi connectivity index (χ3v) is 6.24. The largest absolute Gasteiger partial charge is 0.454 e. The van der Waals surface area contributed by atoms with Crippen molar-refractivity contribution in [1.82, 2.24) is 0 Å². The Hall–Kier alpha value is -1.56. The molecule has 128 valence electrons. The van der Waals surface area contributed by atoms with Crippen molar-refractivity contribution in [2.45, 2.75) is 51.2 Å². The summed E-state index contributed by atoms with van der Waals surface area (Å²) in [5, 5.41) is -0.324. The number of ether oxygens (including phenoxy) is 2. The van der Waals surface area contributed by atoms with Crippen molar-refractivity contribution in [1.29, 1.82) is 0 Å². The Morgan fingerprint density at radius 2 is 1.87 bits per heavy atom. The van der Waals surface area contributed by atoms with Gasteiger partial charge in [-0.05, 0) is 44.4 Å². The van der Waals surface area contributed by atoms with Gasteiger partial charge in [-0.25, -0.2) is 8.42 Å². The molecule has 0 bridgehead atoms. The quantitative estimate of drug-likeness (QED) is 0.647. The summed E-state index contributed by atoms with van der Waals surface area (Å²) in [5.41, 5.74) is 0.918. The van der Waals surface area contributed by atoms with Gasteiger partial charge in [0.05, 0.1) is 11.0 Å². The normalized spacial score (nSPS) is 13.5. The van der Waals surface area contributed by atoms with Gasteiger partial charge < -0.3 is 9.47 Å². The Morgan fingerprint density at radius 3 is 2.61 bits per heavy atom. The number of Topliss-reactive ketones (excluding diaryl/α,β-unsaturated/α-hetero) is 1. The highest BCUT2D eigenvalue weighted by Gasteiger charge is 2.16. The number of hydrogen-bond donors (Lipinski definition) is 0. The van der Waals surface area contributed by atoms with E-state index in [0.717, 1.165) is 18.4 Å². The smallest absolute Gasteiger partial charge is 0.231 e. The maximum atomic E-state index is 12.0. The number of fused-ring (bicyclic) bond motifs is 1. The molecule has 0 radical (unpaired) electrons. The van der Waals surface area contributed by atoms with E-state index in [1.165, 1.54) is 0 Å². The number of sulfone groups is 1. The predicted molar refractivity (Wildman–Crippen MR) is 88.7 cm³/mol. The van der Waals surface area contributed by atoms with E-state index < -0.39 is 9.84 Å². The lowest BCUT2D eigenvalue weighted by Crippen LogP contribution is -2.17. The lowest BCUT2D eigenvalue weighted by atomic mass is 10.0. The second-order valence-corrected chi connectivity index (χ2v) is 8.81. The molecule has 0 amide bonds. The van der Waals surface area contributed by atoms with E-state index >= 15 is 0 Å². The van der Waals surface area contributed by atoms with E-state index in [-0.39, 0.29) is 23.6 Å². The van der Waals surface area contributed by atoms with Crippen LogP contribution in [0.15, 0.2) is 18.2 Å². The molecule has 2 rings (SSSR count). The number of carbonyl (C=O) groups excluding carboxylic acids is 1. The molecule has 1 heterocycles. The minimum atomic E-state index is -2.96. The second kappa shape index (κ2) is 7.81. The fraction of sp³-hybridized carbons (Fsp3) is 0.588. The summed E-state index contributed by atoms with van der Waals surface area (Å²) in [6.45, 7) is 3.63. The number of carbonyl (C=O) groups is 1. The molecule has 0 N–H and O–H groups in total. The van der Waals surface area contributed by atoms with Gasteiger partial charge in [-0.3, -0.25) is 4.79 Å². The van der Waals surface area contributed by atoms with Crippen LogP contribution in [0.5, 0.6) is 11.5 Å². The van der Waals surface area contributed by atoms with Gasteiger partial charge in [0.25, 0.3) is 0 Å². The van der Waals surface area contributed by atoms with Crippen molar-refractivity contribution in [3.05, 3.63) is 23.8 Å². The van der Waals surface area contributed by atoms with Gasteiger partial charge >= 0.3 is 0 Å². The van der Waals surface area contributed by atoms with Crippen LogP contribution in [-0.4, -0.2) is 32.0 Å². The highest BCUT2D eigenvalue weighted by atomic mass is 32.2. The fourth-order valence-electron chi connectivity index (χ4n) is 2.40. The molecule has 1 aromatic rings. The highest BCUT2D eigenvalue weighted by Crippen LogP contribution is 2.32. The van der Waals surface area contributed by atoms with Crippen molar-refractivity contribution < 1.29 is 22.7 Å². The van der Waals surface area contributed by atoms with Crippen molar-refractivity contribution in [3.8, 4) is 11.5 Å². The van der Waals surface area contributed by atoms with Gasteiger partial charge in [-0.15, -0.1) is 0 Å².